The summed E-state index contributed by atoms with van der Waals surface area (Å²) in [5.41, 5.74) is 3.41. The molecule has 0 aliphatic rings. The van der Waals surface area contributed by atoms with E-state index in [0.717, 1.165) is 33.2 Å². The van der Waals surface area contributed by atoms with Crippen molar-refractivity contribution in [1.29, 1.82) is 0 Å². The molecule has 5 aromatic rings. The summed E-state index contributed by atoms with van der Waals surface area (Å²) in [6.45, 7) is 0. The van der Waals surface area contributed by atoms with Gasteiger partial charge in [0.15, 0.2) is 23.6 Å². The van der Waals surface area contributed by atoms with Crippen LogP contribution in [0.15, 0.2) is 85.3 Å². The van der Waals surface area contributed by atoms with Crippen LogP contribution >= 0.6 is 11.6 Å². The number of hydrogen-bond donors (Lipinski definition) is 2. The molecule has 0 spiro atoms. The van der Waals surface area contributed by atoms with Gasteiger partial charge in [-0.3, -0.25) is 4.79 Å². The first-order valence-electron chi connectivity index (χ1n) is 9.19. The van der Waals surface area contributed by atoms with Gasteiger partial charge in [0.2, 0.25) is 0 Å². The lowest BCUT2D eigenvalue weighted by Gasteiger charge is -2.04. The van der Waals surface area contributed by atoms with Gasteiger partial charge in [-0.25, -0.2) is 9.97 Å². The first-order valence-corrected chi connectivity index (χ1v) is 9.57. The fraction of sp³-hybridized carbons (Fsp3) is 0. The van der Waals surface area contributed by atoms with Crippen LogP contribution in [0.25, 0.3) is 27.5 Å². The molecule has 6 heteroatoms. The molecule has 3 aromatic heterocycles. The number of benzene rings is 2. The maximum Gasteiger partial charge on any atom is 0.351 e. The molecule has 0 fully saturated rings. The molecule has 0 atom stereocenters. The zero-order valence-corrected chi connectivity index (χ0v) is 16.1. The van der Waals surface area contributed by atoms with Crippen LogP contribution in [0.4, 0.5) is 5.69 Å². The third kappa shape index (κ3) is 3.11. The van der Waals surface area contributed by atoms with Crippen molar-refractivity contribution < 1.29 is 14.2 Å². The number of halogens is 1. The third-order valence-corrected chi connectivity index (χ3v) is 5.14. The number of aromatic nitrogens is 3. The highest BCUT2D eigenvalue weighted by atomic mass is 35.5. The van der Waals surface area contributed by atoms with E-state index in [1.54, 1.807) is 0 Å². The van der Waals surface area contributed by atoms with Gasteiger partial charge in [-0.05, 0) is 36.4 Å². The summed E-state index contributed by atoms with van der Waals surface area (Å²) in [5.74, 6) is 0.217. The highest BCUT2D eigenvalue weighted by Gasteiger charge is 2.26. The average Bonchev–Trinajstić information content (AvgIpc) is 3.14. The van der Waals surface area contributed by atoms with Crippen molar-refractivity contribution in [3.05, 3.63) is 96.2 Å². The van der Waals surface area contributed by atoms with Gasteiger partial charge in [0.1, 0.15) is 0 Å². The zero-order chi connectivity index (χ0) is 19.8. The number of anilines is 1. The van der Waals surface area contributed by atoms with Crippen LogP contribution in [0.1, 0.15) is 10.6 Å². The summed E-state index contributed by atoms with van der Waals surface area (Å²) in [5, 5.41) is 5.67. The van der Waals surface area contributed by atoms with E-state index in [1.165, 1.54) is 0 Å². The van der Waals surface area contributed by atoms with E-state index in [2.05, 4.69) is 15.3 Å². The van der Waals surface area contributed by atoms with Crippen LogP contribution in [0, 0.1) is 0 Å². The predicted molar refractivity (Wildman–Crippen MR) is 113 cm³/mol. The molecule has 0 saturated carbocycles. The summed E-state index contributed by atoms with van der Waals surface area (Å²) >= 11 is 6.18. The van der Waals surface area contributed by atoms with Gasteiger partial charge in [-0.15, -0.1) is 0 Å². The van der Waals surface area contributed by atoms with Gasteiger partial charge >= 0.3 is 11.7 Å². The van der Waals surface area contributed by atoms with Crippen LogP contribution < -0.4 is 14.7 Å². The molecule has 0 bridgehead atoms. The van der Waals surface area contributed by atoms with Gasteiger partial charge in [0, 0.05) is 33.1 Å². The summed E-state index contributed by atoms with van der Waals surface area (Å²) in [6, 6.07) is 21.1. The minimum Gasteiger partial charge on any atom is -0.315 e. The fourth-order valence-electron chi connectivity index (χ4n) is 3.57. The predicted octanol–water partition coefficient (Wildman–Crippen LogP) is 4.29. The number of fused-ring (bicyclic) bond motifs is 2. The summed E-state index contributed by atoms with van der Waals surface area (Å²) in [6.07, 6.45) is 5.61. The zero-order valence-electron chi connectivity index (χ0n) is 15.3. The van der Waals surface area contributed by atoms with Crippen molar-refractivity contribution in [2.24, 2.45) is 0 Å². The molecular formula is C23H17ClN4O+2. The van der Waals surface area contributed by atoms with Gasteiger partial charge in [-0.1, -0.05) is 35.9 Å². The van der Waals surface area contributed by atoms with Crippen molar-refractivity contribution in [1.82, 2.24) is 4.98 Å². The topological polar surface area (TPSA) is 63.1 Å². The van der Waals surface area contributed by atoms with Gasteiger partial charge < -0.3 is 5.32 Å². The lowest BCUT2D eigenvalue weighted by molar-refractivity contribution is -0.513. The molecule has 3 N–H and O–H groups in total. The number of carbonyl (C=O) groups is 1. The molecule has 0 unspecified atom stereocenters. The lowest BCUT2D eigenvalue weighted by Crippen LogP contribution is -2.31. The van der Waals surface area contributed by atoms with Crippen molar-refractivity contribution in [2.45, 2.75) is 0 Å². The molecule has 3 heterocycles. The number of nitrogens with zero attached hydrogens (tertiary/aromatic N) is 1. The molecule has 0 aliphatic carbocycles. The molecule has 0 aliphatic heterocycles. The smallest absolute Gasteiger partial charge is 0.315 e. The van der Waals surface area contributed by atoms with Crippen LogP contribution in [0.2, 0.25) is 5.02 Å². The standard InChI is InChI=1S/C23H15ClN4O/c24-17-7-3-5-15(13-17)21-20-9-1-2-12-28(20)22(27-21)23(29)26-19-8-4-6-16-14-25-11-10-18(16)19/h1-14H,(H,26,29)/p+2. The van der Waals surface area contributed by atoms with E-state index < -0.39 is 0 Å². The molecule has 0 radical (unpaired) electrons. The maximum absolute atomic E-state index is 13.2. The van der Waals surface area contributed by atoms with Gasteiger partial charge in [0.05, 0.1) is 6.20 Å². The molecule has 1 amide bonds. The van der Waals surface area contributed by atoms with Crippen molar-refractivity contribution in [2.75, 3.05) is 5.32 Å². The Kier molecular flexibility index (Phi) is 4.22. The van der Waals surface area contributed by atoms with E-state index in [0.29, 0.717) is 10.8 Å². The Morgan fingerprint density at radius 2 is 1.93 bits per heavy atom. The Morgan fingerprint density at radius 1 is 1.03 bits per heavy atom. The number of H-pyrrole nitrogens is 2. The van der Waals surface area contributed by atoms with E-state index in [1.807, 2.05) is 89.7 Å². The quantitative estimate of drug-likeness (QED) is 0.436. The minimum atomic E-state index is -0.222. The fourth-order valence-corrected chi connectivity index (χ4v) is 3.76. The summed E-state index contributed by atoms with van der Waals surface area (Å²) in [4.78, 5) is 19.5. The van der Waals surface area contributed by atoms with Crippen molar-refractivity contribution in [3.63, 3.8) is 0 Å². The second-order valence-electron chi connectivity index (χ2n) is 6.72. The Hall–Kier alpha value is -3.70. The number of amides is 1. The third-order valence-electron chi connectivity index (χ3n) is 4.90. The number of rotatable bonds is 3. The second kappa shape index (κ2) is 7.04. The molecule has 0 saturated heterocycles. The first kappa shape index (κ1) is 17.4. The lowest BCUT2D eigenvalue weighted by atomic mass is 10.1. The monoisotopic (exact) mass is 400 g/mol. The SMILES string of the molecule is O=C(Nc1cccc2c[nH+]ccc12)c1[nH]c(-c2cccc(Cl)c2)c2cccc[n+]12. The Labute approximate surface area is 171 Å². The highest BCUT2D eigenvalue weighted by molar-refractivity contribution is 6.30. The molecule has 5 nitrogen and oxygen atoms in total. The van der Waals surface area contributed by atoms with E-state index >= 15 is 0 Å². The average molecular weight is 401 g/mol. The summed E-state index contributed by atoms with van der Waals surface area (Å²) in [7, 11) is 0. The summed E-state index contributed by atoms with van der Waals surface area (Å²) < 4.78 is 1.85. The van der Waals surface area contributed by atoms with E-state index in [4.69, 9.17) is 11.6 Å². The number of nitrogens with one attached hydrogen (secondary N) is 3. The normalized spacial score (nSPS) is 11.1. The largest absolute Gasteiger partial charge is 0.351 e. The van der Waals surface area contributed by atoms with Crippen LogP contribution in [-0.4, -0.2) is 10.9 Å². The van der Waals surface area contributed by atoms with Crippen LogP contribution in [-0.2, 0) is 0 Å². The van der Waals surface area contributed by atoms with Gasteiger partial charge in [-0.2, -0.15) is 4.40 Å². The Balaban J connectivity index is 1.61. The van der Waals surface area contributed by atoms with E-state index in [9.17, 15) is 4.79 Å². The Bertz CT molecular complexity index is 1370. The molecular weight excluding hydrogens is 384 g/mol. The Morgan fingerprint density at radius 3 is 2.83 bits per heavy atom. The highest BCUT2D eigenvalue weighted by Crippen LogP contribution is 2.25. The second-order valence-corrected chi connectivity index (χ2v) is 7.16. The number of pyridine rings is 2. The van der Waals surface area contributed by atoms with E-state index in [-0.39, 0.29) is 5.91 Å². The molecule has 29 heavy (non-hydrogen) atoms. The van der Waals surface area contributed by atoms with Crippen LogP contribution in [0.3, 0.4) is 0 Å². The molecule has 5 rings (SSSR count). The van der Waals surface area contributed by atoms with Gasteiger partial charge in [0.25, 0.3) is 0 Å². The van der Waals surface area contributed by atoms with Crippen molar-refractivity contribution in [3.8, 4) is 11.3 Å². The number of hydrogen-bond acceptors (Lipinski definition) is 1. The maximum atomic E-state index is 13.2. The van der Waals surface area contributed by atoms with Crippen molar-refractivity contribution >= 4 is 39.5 Å². The number of imidazole rings is 1. The minimum absolute atomic E-state index is 0.222. The molecule has 140 valence electrons. The molecule has 2 aromatic carbocycles. The number of aromatic amines is 2. The first-order chi connectivity index (χ1) is 14.2. The number of carbonyl (C=O) groups excluding carboxylic acids is 1. The van der Waals surface area contributed by atoms with Crippen LogP contribution in [0.5, 0.6) is 0 Å².